The van der Waals surface area contributed by atoms with E-state index >= 15 is 0 Å². The van der Waals surface area contributed by atoms with Gasteiger partial charge >= 0.3 is 0 Å². The lowest BCUT2D eigenvalue weighted by Crippen LogP contribution is -2.29. The van der Waals surface area contributed by atoms with E-state index in [2.05, 4.69) is 10.3 Å². The van der Waals surface area contributed by atoms with E-state index in [-0.39, 0.29) is 17.2 Å². The highest BCUT2D eigenvalue weighted by molar-refractivity contribution is 6.51. The molecule has 1 aliphatic heterocycles. The Labute approximate surface area is 189 Å². The van der Waals surface area contributed by atoms with E-state index in [1.807, 2.05) is 0 Å². The number of aromatic nitrogens is 1. The molecule has 0 radical (unpaired) electrons. The quantitative estimate of drug-likeness (QED) is 0.352. The van der Waals surface area contributed by atoms with Crippen LogP contribution in [0.1, 0.15) is 24.1 Å². The highest BCUT2D eigenvalue weighted by Gasteiger charge is 2.47. The third-order valence-electron chi connectivity index (χ3n) is 5.01. The number of benzene rings is 2. The molecular weight excluding hydrogens is 430 g/mol. The lowest BCUT2D eigenvalue weighted by atomic mass is 9.96. The molecule has 32 heavy (non-hydrogen) atoms. The smallest absolute Gasteiger partial charge is 0.300 e. The van der Waals surface area contributed by atoms with E-state index in [0.717, 1.165) is 0 Å². The standard InChI is InChI=1S/C24H18ClN3O4/c1-14(29)27-18-7-9-19(10-8-18)28-21(16-5-3-11-26-13-16)20(23(31)24(28)32)22(30)15-4-2-6-17(25)12-15/h2-13,21,30H,1H3,(H,27,29)/b22-20-. The highest BCUT2D eigenvalue weighted by Crippen LogP contribution is 2.42. The molecule has 4 rings (SSSR count). The summed E-state index contributed by atoms with van der Waals surface area (Å²) in [5.41, 5.74) is 1.80. The van der Waals surface area contributed by atoms with Gasteiger partial charge in [0.1, 0.15) is 5.76 Å². The molecule has 0 aliphatic carbocycles. The maximum atomic E-state index is 13.1. The van der Waals surface area contributed by atoms with E-state index in [1.54, 1.807) is 67.0 Å². The van der Waals surface area contributed by atoms with Gasteiger partial charge in [-0.3, -0.25) is 24.3 Å². The molecule has 1 aromatic heterocycles. The number of carbonyl (C=O) groups excluding carboxylic acids is 3. The fraction of sp³-hybridized carbons (Fsp3) is 0.0833. The summed E-state index contributed by atoms with van der Waals surface area (Å²) in [6, 6.07) is 15.5. The predicted octanol–water partition coefficient (Wildman–Crippen LogP) is 4.32. The summed E-state index contributed by atoms with van der Waals surface area (Å²) in [4.78, 5) is 42.9. The number of nitrogens with one attached hydrogen (secondary N) is 1. The largest absolute Gasteiger partial charge is 0.507 e. The third-order valence-corrected chi connectivity index (χ3v) is 5.24. The minimum Gasteiger partial charge on any atom is -0.507 e. The van der Waals surface area contributed by atoms with E-state index in [9.17, 15) is 19.5 Å². The van der Waals surface area contributed by atoms with Crippen molar-refractivity contribution in [1.29, 1.82) is 0 Å². The molecule has 2 aromatic carbocycles. The maximum absolute atomic E-state index is 13.1. The predicted molar refractivity (Wildman–Crippen MR) is 121 cm³/mol. The fourth-order valence-electron chi connectivity index (χ4n) is 3.65. The zero-order chi connectivity index (χ0) is 22.8. The van der Waals surface area contributed by atoms with Gasteiger partial charge in [-0.25, -0.2) is 0 Å². The average molecular weight is 448 g/mol. The number of Topliss-reactive ketones (excluding diaryl/α,β-unsaturated/α-hetero) is 1. The van der Waals surface area contributed by atoms with Gasteiger partial charge in [-0.2, -0.15) is 0 Å². The molecule has 1 fully saturated rings. The second-order valence-electron chi connectivity index (χ2n) is 7.19. The molecular formula is C24H18ClN3O4. The van der Waals surface area contributed by atoms with Gasteiger partial charge in [0, 0.05) is 41.3 Å². The Balaban J connectivity index is 1.87. The summed E-state index contributed by atoms with van der Waals surface area (Å²) < 4.78 is 0. The first-order valence-corrected chi connectivity index (χ1v) is 10.1. The number of hydrogen-bond acceptors (Lipinski definition) is 5. The number of rotatable bonds is 4. The Morgan fingerprint density at radius 3 is 2.47 bits per heavy atom. The summed E-state index contributed by atoms with van der Waals surface area (Å²) in [7, 11) is 0. The van der Waals surface area contributed by atoms with Crippen molar-refractivity contribution in [2.75, 3.05) is 10.2 Å². The van der Waals surface area contributed by atoms with Gasteiger partial charge in [-0.15, -0.1) is 0 Å². The minimum absolute atomic E-state index is 0.0591. The number of aliphatic hydroxyl groups is 1. The van der Waals surface area contributed by atoms with Crippen molar-refractivity contribution in [3.63, 3.8) is 0 Å². The first kappa shape index (κ1) is 21.3. The van der Waals surface area contributed by atoms with Gasteiger partial charge in [0.2, 0.25) is 5.91 Å². The van der Waals surface area contributed by atoms with Gasteiger partial charge in [0.05, 0.1) is 11.6 Å². The van der Waals surface area contributed by atoms with Crippen LogP contribution in [0.4, 0.5) is 11.4 Å². The Bertz CT molecular complexity index is 1240. The van der Waals surface area contributed by atoms with E-state index in [0.29, 0.717) is 27.5 Å². The van der Waals surface area contributed by atoms with Crippen LogP contribution in [0.3, 0.4) is 0 Å². The van der Waals surface area contributed by atoms with Crippen molar-refractivity contribution in [3.8, 4) is 0 Å². The van der Waals surface area contributed by atoms with E-state index < -0.39 is 17.7 Å². The average Bonchev–Trinajstić information content (AvgIpc) is 3.05. The van der Waals surface area contributed by atoms with Crippen LogP contribution in [0, 0.1) is 0 Å². The number of pyridine rings is 1. The summed E-state index contributed by atoms with van der Waals surface area (Å²) in [5.74, 6) is -2.15. The molecule has 1 unspecified atom stereocenters. The summed E-state index contributed by atoms with van der Waals surface area (Å²) in [6.45, 7) is 1.39. The Hall–Kier alpha value is -3.97. The van der Waals surface area contributed by atoms with Crippen molar-refractivity contribution in [1.82, 2.24) is 4.98 Å². The molecule has 0 bridgehead atoms. The van der Waals surface area contributed by atoms with Gasteiger partial charge in [-0.05, 0) is 48.0 Å². The topological polar surface area (TPSA) is 99.6 Å². The molecule has 7 nitrogen and oxygen atoms in total. The van der Waals surface area contributed by atoms with Gasteiger partial charge < -0.3 is 10.4 Å². The van der Waals surface area contributed by atoms with Crippen LogP contribution in [-0.2, 0) is 14.4 Å². The number of aliphatic hydroxyl groups excluding tert-OH is 1. The van der Waals surface area contributed by atoms with Crippen molar-refractivity contribution in [2.45, 2.75) is 13.0 Å². The van der Waals surface area contributed by atoms with Gasteiger partial charge in [0.15, 0.2) is 0 Å². The first-order chi connectivity index (χ1) is 15.4. The van der Waals surface area contributed by atoms with Crippen LogP contribution in [0.5, 0.6) is 0 Å². The van der Waals surface area contributed by atoms with Crippen molar-refractivity contribution in [3.05, 3.63) is 94.8 Å². The second-order valence-corrected chi connectivity index (χ2v) is 7.63. The Kier molecular flexibility index (Phi) is 5.75. The molecule has 1 aliphatic rings. The van der Waals surface area contributed by atoms with Crippen molar-refractivity contribution >= 4 is 46.3 Å². The molecule has 3 aromatic rings. The lowest BCUT2D eigenvalue weighted by molar-refractivity contribution is -0.132. The number of nitrogens with zero attached hydrogens (tertiary/aromatic N) is 2. The highest BCUT2D eigenvalue weighted by atomic mass is 35.5. The van der Waals surface area contributed by atoms with Crippen molar-refractivity contribution in [2.24, 2.45) is 0 Å². The zero-order valence-corrected chi connectivity index (χ0v) is 17.7. The number of ketones is 1. The monoisotopic (exact) mass is 447 g/mol. The lowest BCUT2D eigenvalue weighted by Gasteiger charge is -2.25. The van der Waals surface area contributed by atoms with Gasteiger partial charge in [-0.1, -0.05) is 29.8 Å². The maximum Gasteiger partial charge on any atom is 0.300 e. The van der Waals surface area contributed by atoms with Crippen LogP contribution in [-0.4, -0.2) is 27.7 Å². The van der Waals surface area contributed by atoms with Crippen LogP contribution < -0.4 is 10.2 Å². The first-order valence-electron chi connectivity index (χ1n) is 9.71. The van der Waals surface area contributed by atoms with Crippen LogP contribution in [0.2, 0.25) is 5.02 Å². The van der Waals surface area contributed by atoms with Crippen LogP contribution in [0.25, 0.3) is 5.76 Å². The summed E-state index contributed by atoms with van der Waals surface area (Å²) in [5, 5.41) is 14.1. The SMILES string of the molecule is CC(=O)Nc1ccc(N2C(=O)C(=O)/C(=C(\O)c3cccc(Cl)c3)C2c2cccnc2)cc1. The molecule has 2 N–H and O–H groups in total. The number of halogens is 1. The molecule has 8 heteroatoms. The third kappa shape index (κ3) is 3.98. The summed E-state index contributed by atoms with van der Waals surface area (Å²) in [6.07, 6.45) is 3.12. The minimum atomic E-state index is -0.894. The Morgan fingerprint density at radius 2 is 1.84 bits per heavy atom. The normalized spacial score (nSPS) is 17.4. The molecule has 0 spiro atoms. The van der Waals surface area contributed by atoms with Gasteiger partial charge in [0.25, 0.3) is 11.7 Å². The molecule has 160 valence electrons. The van der Waals surface area contributed by atoms with Crippen LogP contribution >= 0.6 is 11.6 Å². The number of hydrogen-bond donors (Lipinski definition) is 2. The van der Waals surface area contributed by atoms with Crippen molar-refractivity contribution < 1.29 is 19.5 Å². The molecule has 2 amide bonds. The molecule has 1 saturated heterocycles. The number of anilines is 2. The van der Waals surface area contributed by atoms with E-state index in [1.165, 1.54) is 17.9 Å². The summed E-state index contributed by atoms with van der Waals surface area (Å²) >= 11 is 6.05. The Morgan fingerprint density at radius 1 is 1.09 bits per heavy atom. The molecule has 1 atom stereocenters. The number of amides is 2. The van der Waals surface area contributed by atoms with E-state index in [4.69, 9.17) is 11.6 Å². The molecule has 2 heterocycles. The second kappa shape index (κ2) is 8.64. The zero-order valence-electron chi connectivity index (χ0n) is 16.9. The van der Waals surface area contributed by atoms with Crippen LogP contribution in [0.15, 0.2) is 78.6 Å². The fourth-order valence-corrected chi connectivity index (χ4v) is 3.84. The molecule has 0 saturated carbocycles. The number of carbonyl (C=O) groups is 3.